The van der Waals surface area contributed by atoms with Crippen molar-refractivity contribution in [3.05, 3.63) is 96.7 Å². The third-order valence-electron chi connectivity index (χ3n) is 4.72. The Bertz CT molecular complexity index is 1180. The number of nitriles is 1. The molecule has 5 rings (SSSR count). The highest BCUT2D eigenvalue weighted by Crippen LogP contribution is 2.51. The zero-order chi connectivity index (χ0) is 18.9. The number of hydrogen-bond acceptors (Lipinski definition) is 4. The number of nitrogens with zero attached hydrogens (tertiary/aromatic N) is 3. The molecule has 0 bridgehead atoms. The van der Waals surface area contributed by atoms with E-state index in [1.807, 2.05) is 18.2 Å². The Labute approximate surface area is 167 Å². The molecule has 0 amide bonds. The van der Waals surface area contributed by atoms with Gasteiger partial charge in [0.15, 0.2) is 0 Å². The molecule has 0 saturated heterocycles. The summed E-state index contributed by atoms with van der Waals surface area (Å²) in [4.78, 5) is 9.21. The van der Waals surface area contributed by atoms with Crippen LogP contribution >= 0.6 is 11.8 Å². The van der Waals surface area contributed by atoms with Gasteiger partial charge < -0.3 is 4.90 Å². The Morgan fingerprint density at radius 1 is 0.786 bits per heavy atom. The summed E-state index contributed by atoms with van der Waals surface area (Å²) in [6, 6.07) is 31.0. The molecule has 0 radical (unpaired) electrons. The number of anilines is 3. The van der Waals surface area contributed by atoms with Crippen LogP contribution in [0.2, 0.25) is 0 Å². The van der Waals surface area contributed by atoms with Crippen LogP contribution in [0.15, 0.2) is 101 Å². The molecule has 1 aliphatic heterocycles. The monoisotopic (exact) mass is 377 g/mol. The molecule has 0 fully saturated rings. The first-order valence-electron chi connectivity index (χ1n) is 8.96. The third kappa shape index (κ3) is 2.83. The molecule has 0 spiro atoms. The van der Waals surface area contributed by atoms with Crippen LogP contribution < -0.4 is 4.90 Å². The number of aromatic nitrogens is 1. The van der Waals surface area contributed by atoms with Gasteiger partial charge in [0, 0.05) is 27.2 Å². The Balaban J connectivity index is 1.67. The smallest absolute Gasteiger partial charge is 0.0992 e. The van der Waals surface area contributed by atoms with Gasteiger partial charge >= 0.3 is 0 Å². The summed E-state index contributed by atoms with van der Waals surface area (Å²) in [5.41, 5.74) is 5.81. The Morgan fingerprint density at radius 2 is 1.50 bits per heavy atom. The van der Waals surface area contributed by atoms with E-state index >= 15 is 0 Å². The van der Waals surface area contributed by atoms with Gasteiger partial charge in [-0.3, -0.25) is 4.98 Å². The minimum atomic E-state index is 0.612. The van der Waals surface area contributed by atoms with Crippen LogP contribution in [0.25, 0.3) is 11.3 Å². The molecular formula is C24H15N3S. The average Bonchev–Trinajstić information content (AvgIpc) is 2.77. The van der Waals surface area contributed by atoms with Gasteiger partial charge in [-0.25, -0.2) is 0 Å². The lowest BCUT2D eigenvalue weighted by Gasteiger charge is -2.33. The van der Waals surface area contributed by atoms with Crippen LogP contribution in [0.1, 0.15) is 5.56 Å². The second kappa shape index (κ2) is 6.88. The van der Waals surface area contributed by atoms with Crippen molar-refractivity contribution < 1.29 is 0 Å². The lowest BCUT2D eigenvalue weighted by Crippen LogP contribution is -2.14. The van der Waals surface area contributed by atoms with Crippen molar-refractivity contribution in [2.45, 2.75) is 9.79 Å². The van der Waals surface area contributed by atoms with E-state index in [4.69, 9.17) is 0 Å². The topological polar surface area (TPSA) is 39.9 Å². The predicted molar refractivity (Wildman–Crippen MR) is 113 cm³/mol. The minimum absolute atomic E-state index is 0.612. The van der Waals surface area contributed by atoms with Crippen molar-refractivity contribution in [2.75, 3.05) is 4.90 Å². The molecule has 28 heavy (non-hydrogen) atoms. The van der Waals surface area contributed by atoms with Crippen molar-refractivity contribution in [3.8, 4) is 17.3 Å². The van der Waals surface area contributed by atoms with E-state index in [0.717, 1.165) is 16.9 Å². The molecule has 0 saturated carbocycles. The van der Waals surface area contributed by atoms with E-state index in [0.29, 0.717) is 5.56 Å². The number of para-hydroxylation sites is 2. The minimum Gasteiger partial charge on any atom is -0.308 e. The van der Waals surface area contributed by atoms with Gasteiger partial charge in [0.1, 0.15) is 0 Å². The van der Waals surface area contributed by atoms with Crippen molar-refractivity contribution in [1.82, 2.24) is 4.98 Å². The molecule has 0 aliphatic carbocycles. The molecule has 0 unspecified atom stereocenters. The number of benzene rings is 3. The van der Waals surface area contributed by atoms with Crippen molar-refractivity contribution in [3.63, 3.8) is 0 Å². The maximum Gasteiger partial charge on any atom is 0.0992 e. The molecule has 0 atom stereocenters. The van der Waals surface area contributed by atoms with Gasteiger partial charge in [0.25, 0.3) is 0 Å². The molecule has 1 aromatic heterocycles. The largest absolute Gasteiger partial charge is 0.308 e. The molecule has 0 N–H and O–H groups in total. The van der Waals surface area contributed by atoms with Gasteiger partial charge in [0.2, 0.25) is 0 Å². The van der Waals surface area contributed by atoms with Crippen molar-refractivity contribution in [2.24, 2.45) is 0 Å². The van der Waals surface area contributed by atoms with Crippen LogP contribution in [0.5, 0.6) is 0 Å². The van der Waals surface area contributed by atoms with Gasteiger partial charge in [0.05, 0.1) is 28.7 Å². The zero-order valence-electron chi connectivity index (χ0n) is 14.9. The molecule has 3 nitrogen and oxygen atoms in total. The fraction of sp³-hybridized carbons (Fsp3) is 0. The van der Waals surface area contributed by atoms with Gasteiger partial charge in [-0.2, -0.15) is 5.26 Å². The Morgan fingerprint density at radius 3 is 2.21 bits per heavy atom. The van der Waals surface area contributed by atoms with E-state index in [2.05, 4.69) is 76.6 Å². The summed E-state index contributed by atoms with van der Waals surface area (Å²) in [6.45, 7) is 0. The summed E-state index contributed by atoms with van der Waals surface area (Å²) in [6.07, 6.45) is 1.68. The van der Waals surface area contributed by atoms with Crippen LogP contribution in [0.4, 0.5) is 17.1 Å². The average molecular weight is 377 g/mol. The van der Waals surface area contributed by atoms with Gasteiger partial charge in [-0.05, 0) is 48.5 Å². The van der Waals surface area contributed by atoms with Gasteiger partial charge in [-0.15, -0.1) is 0 Å². The summed E-state index contributed by atoms with van der Waals surface area (Å²) < 4.78 is 0. The second-order valence-electron chi connectivity index (χ2n) is 6.46. The third-order valence-corrected chi connectivity index (χ3v) is 5.85. The number of rotatable bonds is 2. The molecule has 2 heterocycles. The van der Waals surface area contributed by atoms with Crippen LogP contribution in [0.3, 0.4) is 0 Å². The summed E-state index contributed by atoms with van der Waals surface area (Å²) in [5, 5.41) is 9.20. The zero-order valence-corrected chi connectivity index (χ0v) is 15.7. The first-order valence-corrected chi connectivity index (χ1v) is 9.78. The van der Waals surface area contributed by atoms with E-state index in [1.54, 1.807) is 24.0 Å². The van der Waals surface area contributed by atoms with Crippen molar-refractivity contribution >= 4 is 28.8 Å². The van der Waals surface area contributed by atoms with Crippen LogP contribution in [-0.2, 0) is 0 Å². The lowest BCUT2D eigenvalue weighted by molar-refractivity contribution is 1.16. The van der Waals surface area contributed by atoms with E-state index in [9.17, 15) is 5.26 Å². The molecule has 4 heteroatoms. The maximum absolute atomic E-state index is 9.20. The van der Waals surface area contributed by atoms with Crippen molar-refractivity contribution in [1.29, 1.82) is 5.26 Å². The molecule has 1 aliphatic rings. The maximum atomic E-state index is 9.20. The Kier molecular flexibility index (Phi) is 4.08. The fourth-order valence-corrected chi connectivity index (χ4v) is 4.50. The summed E-state index contributed by atoms with van der Waals surface area (Å²) in [5.74, 6) is 0. The fourth-order valence-electron chi connectivity index (χ4n) is 3.45. The molecule has 4 aromatic rings. The highest BCUT2D eigenvalue weighted by atomic mass is 32.2. The quantitative estimate of drug-likeness (QED) is 0.349. The predicted octanol–water partition coefficient (Wildman–Crippen LogP) is 6.55. The SMILES string of the molecule is N#Cc1ccnc(-c2cccc(N3c4ccccc4Sc4ccccc43)c2)c1. The van der Waals surface area contributed by atoms with E-state index < -0.39 is 0 Å². The van der Waals surface area contributed by atoms with Crippen LogP contribution in [0, 0.1) is 11.3 Å². The second-order valence-corrected chi connectivity index (χ2v) is 7.55. The number of hydrogen-bond donors (Lipinski definition) is 0. The standard InChI is InChI=1S/C24H15N3S/c25-16-17-12-13-26-20(14-17)18-6-5-7-19(15-18)27-21-8-1-3-10-23(21)28-24-11-4-2-9-22(24)27/h1-15H. The summed E-state index contributed by atoms with van der Waals surface area (Å²) >= 11 is 1.80. The molecule has 132 valence electrons. The Hall–Kier alpha value is -3.55. The van der Waals surface area contributed by atoms with Gasteiger partial charge in [-0.1, -0.05) is 48.2 Å². The highest BCUT2D eigenvalue weighted by molar-refractivity contribution is 7.99. The van der Waals surface area contributed by atoms with E-state index in [1.165, 1.54) is 21.2 Å². The number of pyridine rings is 1. The number of fused-ring (bicyclic) bond motifs is 2. The van der Waals surface area contributed by atoms with Crippen LogP contribution in [-0.4, -0.2) is 4.98 Å². The molecular weight excluding hydrogens is 362 g/mol. The first kappa shape index (κ1) is 16.6. The normalized spacial score (nSPS) is 12.0. The molecule has 3 aromatic carbocycles. The first-order chi connectivity index (χ1) is 13.8. The summed E-state index contributed by atoms with van der Waals surface area (Å²) in [7, 11) is 0. The van der Waals surface area contributed by atoms with E-state index in [-0.39, 0.29) is 0 Å². The highest BCUT2D eigenvalue weighted by Gasteiger charge is 2.24. The lowest BCUT2D eigenvalue weighted by atomic mass is 10.1.